The summed E-state index contributed by atoms with van der Waals surface area (Å²) in [6.45, 7) is 7.02. The lowest BCUT2D eigenvalue weighted by Crippen LogP contribution is -2.25. The van der Waals surface area contributed by atoms with Crippen molar-refractivity contribution in [2.75, 3.05) is 45.3 Å². The fourth-order valence-corrected chi connectivity index (χ4v) is 1.79. The van der Waals surface area contributed by atoms with Gasteiger partial charge in [-0.2, -0.15) is 0 Å². The molecule has 6 nitrogen and oxygen atoms in total. The molecule has 6 heteroatoms. The standard InChI is InChI=1S/C15H25N3O3/c1-4-16-14-11-13(10-12(2)18-14)15(19)17-6-5-7-21-9-8-20-3/h10-11H,4-9H2,1-3H3,(H,16,18)(H,17,19). The highest BCUT2D eigenvalue weighted by atomic mass is 16.5. The quantitative estimate of drug-likeness (QED) is 0.642. The van der Waals surface area contributed by atoms with Gasteiger partial charge in [0.1, 0.15) is 5.82 Å². The van der Waals surface area contributed by atoms with Gasteiger partial charge in [-0.25, -0.2) is 4.98 Å². The van der Waals surface area contributed by atoms with Crippen molar-refractivity contribution in [1.29, 1.82) is 0 Å². The third-order valence-electron chi connectivity index (χ3n) is 2.76. The van der Waals surface area contributed by atoms with Gasteiger partial charge in [0.25, 0.3) is 5.91 Å². The van der Waals surface area contributed by atoms with Crippen LogP contribution in [-0.2, 0) is 9.47 Å². The summed E-state index contributed by atoms with van der Waals surface area (Å²) in [4.78, 5) is 16.4. The Bertz CT molecular complexity index is 438. The number of carbonyl (C=O) groups is 1. The van der Waals surface area contributed by atoms with Crippen molar-refractivity contribution in [1.82, 2.24) is 10.3 Å². The molecule has 0 bridgehead atoms. The number of nitrogens with one attached hydrogen (secondary N) is 2. The molecule has 1 aromatic rings. The monoisotopic (exact) mass is 295 g/mol. The van der Waals surface area contributed by atoms with Crippen LogP contribution in [0.25, 0.3) is 0 Å². The summed E-state index contributed by atoms with van der Waals surface area (Å²) < 4.78 is 10.2. The molecule has 0 fully saturated rings. The van der Waals surface area contributed by atoms with Crippen molar-refractivity contribution < 1.29 is 14.3 Å². The fourth-order valence-electron chi connectivity index (χ4n) is 1.79. The summed E-state index contributed by atoms with van der Waals surface area (Å²) in [5, 5.41) is 6.00. The molecule has 0 unspecified atom stereocenters. The summed E-state index contributed by atoms with van der Waals surface area (Å²) >= 11 is 0. The topological polar surface area (TPSA) is 72.5 Å². The van der Waals surface area contributed by atoms with Crippen LogP contribution in [0.4, 0.5) is 5.82 Å². The number of aryl methyl sites for hydroxylation is 1. The molecule has 21 heavy (non-hydrogen) atoms. The van der Waals surface area contributed by atoms with E-state index < -0.39 is 0 Å². The number of ether oxygens (including phenoxy) is 2. The molecule has 0 saturated carbocycles. The predicted octanol–water partition coefficient (Wildman–Crippen LogP) is 1.60. The second-order valence-electron chi connectivity index (χ2n) is 4.63. The van der Waals surface area contributed by atoms with E-state index in [9.17, 15) is 4.79 Å². The summed E-state index contributed by atoms with van der Waals surface area (Å²) in [6, 6.07) is 3.55. The number of rotatable bonds is 10. The van der Waals surface area contributed by atoms with Gasteiger partial charge in [0.2, 0.25) is 0 Å². The normalized spacial score (nSPS) is 10.4. The zero-order valence-corrected chi connectivity index (χ0v) is 13.1. The van der Waals surface area contributed by atoms with Crippen LogP contribution in [0.5, 0.6) is 0 Å². The molecular formula is C15H25N3O3. The molecule has 1 aromatic heterocycles. The third-order valence-corrected chi connectivity index (χ3v) is 2.76. The second-order valence-corrected chi connectivity index (χ2v) is 4.63. The average Bonchev–Trinajstić information content (AvgIpc) is 2.46. The number of anilines is 1. The molecule has 1 amide bonds. The Balaban J connectivity index is 2.34. The van der Waals surface area contributed by atoms with Gasteiger partial charge in [-0.15, -0.1) is 0 Å². The van der Waals surface area contributed by atoms with Gasteiger partial charge in [0.05, 0.1) is 13.2 Å². The second kappa shape index (κ2) is 10.1. The van der Waals surface area contributed by atoms with Gasteiger partial charge in [0.15, 0.2) is 0 Å². The van der Waals surface area contributed by atoms with Crippen molar-refractivity contribution in [2.24, 2.45) is 0 Å². The Morgan fingerprint density at radius 3 is 2.81 bits per heavy atom. The van der Waals surface area contributed by atoms with E-state index in [1.807, 2.05) is 13.8 Å². The number of carbonyl (C=O) groups excluding carboxylic acids is 1. The fraction of sp³-hybridized carbons (Fsp3) is 0.600. The first-order valence-electron chi connectivity index (χ1n) is 7.24. The minimum Gasteiger partial charge on any atom is -0.382 e. The van der Waals surface area contributed by atoms with Gasteiger partial charge in [0, 0.05) is 38.1 Å². The highest BCUT2D eigenvalue weighted by molar-refractivity contribution is 5.94. The van der Waals surface area contributed by atoms with E-state index in [0.717, 1.165) is 24.5 Å². The van der Waals surface area contributed by atoms with Gasteiger partial charge in [-0.1, -0.05) is 0 Å². The Morgan fingerprint density at radius 2 is 2.10 bits per heavy atom. The van der Waals surface area contributed by atoms with Crippen molar-refractivity contribution in [3.05, 3.63) is 23.4 Å². The van der Waals surface area contributed by atoms with Gasteiger partial charge >= 0.3 is 0 Å². The Labute approximate surface area is 126 Å². The van der Waals surface area contributed by atoms with Gasteiger partial charge in [-0.05, 0) is 32.4 Å². The maximum Gasteiger partial charge on any atom is 0.251 e. The van der Waals surface area contributed by atoms with Crippen LogP contribution in [0.3, 0.4) is 0 Å². The Hall–Kier alpha value is -1.66. The number of pyridine rings is 1. The summed E-state index contributed by atoms with van der Waals surface area (Å²) in [5.41, 5.74) is 1.44. The molecule has 0 saturated heterocycles. The molecule has 1 rings (SSSR count). The predicted molar refractivity (Wildman–Crippen MR) is 82.8 cm³/mol. The highest BCUT2D eigenvalue weighted by Gasteiger charge is 2.07. The maximum absolute atomic E-state index is 12.1. The molecule has 0 radical (unpaired) electrons. The van der Waals surface area contributed by atoms with E-state index in [4.69, 9.17) is 9.47 Å². The number of hydrogen-bond donors (Lipinski definition) is 2. The number of amides is 1. The van der Waals surface area contributed by atoms with Crippen LogP contribution in [0, 0.1) is 6.92 Å². The van der Waals surface area contributed by atoms with Gasteiger partial charge in [-0.3, -0.25) is 4.79 Å². The number of methoxy groups -OCH3 is 1. The number of aromatic nitrogens is 1. The van der Waals surface area contributed by atoms with Crippen LogP contribution >= 0.6 is 0 Å². The van der Waals surface area contributed by atoms with E-state index in [-0.39, 0.29) is 5.91 Å². The Morgan fingerprint density at radius 1 is 1.29 bits per heavy atom. The molecule has 0 aromatic carbocycles. The molecule has 0 aliphatic rings. The SMILES string of the molecule is CCNc1cc(C(=O)NCCCOCCOC)cc(C)n1. The Kier molecular flexibility index (Phi) is 8.38. The minimum absolute atomic E-state index is 0.0865. The van der Waals surface area contributed by atoms with Crippen molar-refractivity contribution in [3.8, 4) is 0 Å². The lowest BCUT2D eigenvalue weighted by molar-refractivity contribution is 0.0688. The van der Waals surface area contributed by atoms with Crippen molar-refractivity contribution >= 4 is 11.7 Å². The number of hydrogen-bond acceptors (Lipinski definition) is 5. The molecule has 0 aliphatic carbocycles. The zero-order valence-electron chi connectivity index (χ0n) is 13.1. The summed E-state index contributed by atoms with van der Waals surface area (Å²) in [6.07, 6.45) is 0.777. The number of nitrogens with zero attached hydrogens (tertiary/aromatic N) is 1. The first-order chi connectivity index (χ1) is 10.2. The van der Waals surface area contributed by atoms with Crippen molar-refractivity contribution in [3.63, 3.8) is 0 Å². The van der Waals surface area contributed by atoms with E-state index >= 15 is 0 Å². The van der Waals surface area contributed by atoms with Crippen molar-refractivity contribution in [2.45, 2.75) is 20.3 Å². The molecule has 0 spiro atoms. The molecule has 0 atom stereocenters. The van der Waals surface area contributed by atoms with E-state index in [0.29, 0.717) is 31.9 Å². The third kappa shape index (κ3) is 7.06. The smallest absolute Gasteiger partial charge is 0.251 e. The van der Waals surface area contributed by atoms with Crippen LogP contribution < -0.4 is 10.6 Å². The molecule has 1 heterocycles. The van der Waals surface area contributed by atoms with E-state index in [1.165, 1.54) is 0 Å². The summed E-state index contributed by atoms with van der Waals surface area (Å²) in [5.74, 6) is 0.641. The summed E-state index contributed by atoms with van der Waals surface area (Å²) in [7, 11) is 1.64. The average molecular weight is 295 g/mol. The van der Waals surface area contributed by atoms with Crippen LogP contribution in [0.15, 0.2) is 12.1 Å². The van der Waals surface area contributed by atoms with E-state index in [2.05, 4.69) is 15.6 Å². The van der Waals surface area contributed by atoms with Crippen LogP contribution in [0.2, 0.25) is 0 Å². The lowest BCUT2D eigenvalue weighted by atomic mass is 10.2. The van der Waals surface area contributed by atoms with E-state index in [1.54, 1.807) is 19.2 Å². The first kappa shape index (κ1) is 17.4. The molecular weight excluding hydrogens is 270 g/mol. The first-order valence-corrected chi connectivity index (χ1v) is 7.24. The molecule has 2 N–H and O–H groups in total. The zero-order chi connectivity index (χ0) is 15.5. The molecule has 118 valence electrons. The lowest BCUT2D eigenvalue weighted by Gasteiger charge is -2.09. The van der Waals surface area contributed by atoms with Crippen LogP contribution in [0.1, 0.15) is 29.4 Å². The van der Waals surface area contributed by atoms with Gasteiger partial charge < -0.3 is 20.1 Å². The van der Waals surface area contributed by atoms with Crippen LogP contribution in [-0.4, -0.2) is 50.9 Å². The molecule has 0 aliphatic heterocycles. The maximum atomic E-state index is 12.1. The highest BCUT2D eigenvalue weighted by Crippen LogP contribution is 2.09. The largest absolute Gasteiger partial charge is 0.382 e. The minimum atomic E-state index is -0.0865.